The largest absolute Gasteiger partial charge is 0.497 e. The second kappa shape index (κ2) is 9.88. The minimum atomic E-state index is 0. The van der Waals surface area contributed by atoms with Gasteiger partial charge in [-0.15, -0.1) is 24.0 Å². The average molecular weight is 428 g/mol. The standard InChI is InChI=1S/C16H20N4O2.HI/c1-3-22-15-12(5-4-10-18-15)11-19-16(17)20-13-6-8-14(21-2)9-7-13;/h4-10H,3,11H2,1-2H3,(H3,17,19,20);1H. The molecule has 0 atom stereocenters. The van der Waals surface area contributed by atoms with Crippen molar-refractivity contribution in [2.24, 2.45) is 10.7 Å². The van der Waals surface area contributed by atoms with Gasteiger partial charge in [-0.3, -0.25) is 0 Å². The van der Waals surface area contributed by atoms with Crippen molar-refractivity contribution >= 4 is 35.6 Å². The molecule has 0 spiro atoms. The number of methoxy groups -OCH3 is 1. The van der Waals surface area contributed by atoms with E-state index < -0.39 is 0 Å². The van der Waals surface area contributed by atoms with E-state index in [9.17, 15) is 0 Å². The van der Waals surface area contributed by atoms with Crippen LogP contribution in [0.25, 0.3) is 0 Å². The molecule has 0 radical (unpaired) electrons. The van der Waals surface area contributed by atoms with Gasteiger partial charge in [0.1, 0.15) is 5.75 Å². The molecule has 0 bridgehead atoms. The molecular formula is C16H21IN4O2. The van der Waals surface area contributed by atoms with Crippen LogP contribution >= 0.6 is 24.0 Å². The number of nitrogens with two attached hydrogens (primary N) is 1. The summed E-state index contributed by atoms with van der Waals surface area (Å²) >= 11 is 0. The van der Waals surface area contributed by atoms with Crippen LogP contribution in [0.5, 0.6) is 11.6 Å². The summed E-state index contributed by atoms with van der Waals surface area (Å²) in [5.74, 6) is 1.71. The van der Waals surface area contributed by atoms with Gasteiger partial charge in [-0.25, -0.2) is 9.98 Å². The van der Waals surface area contributed by atoms with Crippen LogP contribution < -0.4 is 20.5 Å². The highest BCUT2D eigenvalue weighted by Gasteiger charge is 2.03. The third kappa shape index (κ3) is 5.93. The number of nitrogens with zero attached hydrogens (tertiary/aromatic N) is 2. The van der Waals surface area contributed by atoms with Crippen molar-refractivity contribution in [3.05, 3.63) is 48.2 Å². The fraction of sp³-hybridized carbons (Fsp3) is 0.250. The van der Waals surface area contributed by atoms with Crippen LogP contribution in [0.4, 0.5) is 5.69 Å². The average Bonchev–Trinajstić information content (AvgIpc) is 2.55. The quantitative estimate of drug-likeness (QED) is 0.420. The number of benzene rings is 1. The van der Waals surface area contributed by atoms with Gasteiger partial charge in [0.25, 0.3) is 0 Å². The number of halogens is 1. The van der Waals surface area contributed by atoms with Crippen LogP contribution in [0.3, 0.4) is 0 Å². The second-order valence-corrected chi connectivity index (χ2v) is 4.46. The van der Waals surface area contributed by atoms with E-state index in [4.69, 9.17) is 15.2 Å². The predicted octanol–water partition coefficient (Wildman–Crippen LogP) is 3.03. The Labute approximate surface area is 153 Å². The number of rotatable bonds is 6. The molecule has 2 rings (SSSR count). The lowest BCUT2D eigenvalue weighted by Crippen LogP contribution is -2.22. The minimum Gasteiger partial charge on any atom is -0.497 e. The van der Waals surface area contributed by atoms with Crippen molar-refractivity contribution in [2.45, 2.75) is 13.5 Å². The Balaban J connectivity index is 0.00000264. The molecular weight excluding hydrogens is 407 g/mol. The molecule has 124 valence electrons. The van der Waals surface area contributed by atoms with Crippen LogP contribution in [0, 0.1) is 0 Å². The Morgan fingerprint density at radius 3 is 2.65 bits per heavy atom. The summed E-state index contributed by atoms with van der Waals surface area (Å²) in [7, 11) is 1.63. The molecule has 0 aliphatic heterocycles. The van der Waals surface area contributed by atoms with Gasteiger partial charge < -0.3 is 20.5 Å². The number of hydrogen-bond donors (Lipinski definition) is 2. The zero-order valence-electron chi connectivity index (χ0n) is 13.2. The normalized spacial score (nSPS) is 10.6. The van der Waals surface area contributed by atoms with Crippen molar-refractivity contribution in [3.8, 4) is 11.6 Å². The molecule has 2 aromatic rings. The van der Waals surface area contributed by atoms with Crippen LogP contribution in [-0.4, -0.2) is 24.7 Å². The van der Waals surface area contributed by atoms with Gasteiger partial charge >= 0.3 is 0 Å². The van der Waals surface area contributed by atoms with Crippen LogP contribution in [-0.2, 0) is 6.54 Å². The van der Waals surface area contributed by atoms with Crippen molar-refractivity contribution < 1.29 is 9.47 Å². The summed E-state index contributed by atoms with van der Waals surface area (Å²) in [6.07, 6.45) is 1.69. The van der Waals surface area contributed by atoms with E-state index >= 15 is 0 Å². The highest BCUT2D eigenvalue weighted by atomic mass is 127. The lowest BCUT2D eigenvalue weighted by molar-refractivity contribution is 0.323. The summed E-state index contributed by atoms with van der Waals surface area (Å²) < 4.78 is 10.6. The van der Waals surface area contributed by atoms with Gasteiger partial charge in [0.2, 0.25) is 5.88 Å². The van der Waals surface area contributed by atoms with Gasteiger partial charge in [-0.1, -0.05) is 6.07 Å². The summed E-state index contributed by atoms with van der Waals surface area (Å²) in [5, 5.41) is 3.03. The Bertz CT molecular complexity index is 632. The smallest absolute Gasteiger partial charge is 0.218 e. The number of guanidine groups is 1. The third-order valence-electron chi connectivity index (χ3n) is 2.91. The maximum atomic E-state index is 5.89. The van der Waals surface area contributed by atoms with E-state index in [0.717, 1.165) is 17.0 Å². The van der Waals surface area contributed by atoms with E-state index in [1.165, 1.54) is 0 Å². The molecule has 0 amide bonds. The molecule has 0 unspecified atom stereocenters. The van der Waals surface area contributed by atoms with Gasteiger partial charge in [-0.2, -0.15) is 0 Å². The number of nitrogens with one attached hydrogen (secondary N) is 1. The zero-order valence-corrected chi connectivity index (χ0v) is 15.5. The van der Waals surface area contributed by atoms with Crippen molar-refractivity contribution in [3.63, 3.8) is 0 Å². The lowest BCUT2D eigenvalue weighted by atomic mass is 10.3. The monoisotopic (exact) mass is 428 g/mol. The summed E-state index contributed by atoms with van der Waals surface area (Å²) in [4.78, 5) is 8.49. The Hall–Kier alpha value is -2.03. The van der Waals surface area contributed by atoms with E-state index in [0.29, 0.717) is 25.0 Å². The van der Waals surface area contributed by atoms with Gasteiger partial charge in [0, 0.05) is 17.4 Å². The maximum Gasteiger partial charge on any atom is 0.218 e. The SMILES string of the molecule is CCOc1ncccc1CN=C(N)Nc1ccc(OC)cc1.I. The molecule has 1 heterocycles. The fourth-order valence-corrected chi connectivity index (χ4v) is 1.84. The molecule has 7 heteroatoms. The van der Waals surface area contributed by atoms with E-state index in [2.05, 4.69) is 15.3 Å². The molecule has 0 saturated heterocycles. The molecule has 0 saturated carbocycles. The third-order valence-corrected chi connectivity index (χ3v) is 2.91. The van der Waals surface area contributed by atoms with E-state index in [-0.39, 0.29) is 24.0 Å². The number of aliphatic imine (C=N–C) groups is 1. The maximum absolute atomic E-state index is 5.89. The van der Waals surface area contributed by atoms with E-state index in [1.807, 2.05) is 43.3 Å². The first-order valence-corrected chi connectivity index (χ1v) is 7.00. The number of ether oxygens (including phenoxy) is 2. The predicted molar refractivity (Wildman–Crippen MR) is 103 cm³/mol. The first-order chi connectivity index (χ1) is 10.7. The van der Waals surface area contributed by atoms with Crippen LogP contribution in [0.1, 0.15) is 12.5 Å². The highest BCUT2D eigenvalue weighted by molar-refractivity contribution is 14.0. The second-order valence-electron chi connectivity index (χ2n) is 4.46. The fourth-order valence-electron chi connectivity index (χ4n) is 1.84. The minimum absolute atomic E-state index is 0. The van der Waals surface area contributed by atoms with Crippen molar-refractivity contribution in [2.75, 3.05) is 19.0 Å². The summed E-state index contributed by atoms with van der Waals surface area (Å²) in [5.41, 5.74) is 7.63. The lowest BCUT2D eigenvalue weighted by Gasteiger charge is -2.08. The Morgan fingerprint density at radius 1 is 1.26 bits per heavy atom. The van der Waals surface area contributed by atoms with Crippen molar-refractivity contribution in [1.82, 2.24) is 4.98 Å². The molecule has 1 aromatic carbocycles. The van der Waals surface area contributed by atoms with Crippen molar-refractivity contribution in [1.29, 1.82) is 0 Å². The molecule has 3 N–H and O–H groups in total. The highest BCUT2D eigenvalue weighted by Crippen LogP contribution is 2.16. The first-order valence-electron chi connectivity index (χ1n) is 7.00. The first kappa shape index (κ1) is 19.0. The molecule has 0 aliphatic rings. The number of aromatic nitrogens is 1. The summed E-state index contributed by atoms with van der Waals surface area (Å²) in [6.45, 7) is 2.88. The number of anilines is 1. The molecule has 23 heavy (non-hydrogen) atoms. The molecule has 6 nitrogen and oxygen atoms in total. The summed E-state index contributed by atoms with van der Waals surface area (Å²) in [6, 6.07) is 11.2. The van der Waals surface area contributed by atoms with Gasteiger partial charge in [-0.05, 0) is 37.3 Å². The Morgan fingerprint density at radius 2 is 2.00 bits per heavy atom. The van der Waals surface area contributed by atoms with Gasteiger partial charge in [0.05, 0.1) is 20.3 Å². The zero-order chi connectivity index (χ0) is 15.8. The Kier molecular flexibility index (Phi) is 8.17. The number of pyridine rings is 1. The topological polar surface area (TPSA) is 81.8 Å². The van der Waals surface area contributed by atoms with E-state index in [1.54, 1.807) is 13.3 Å². The number of hydrogen-bond acceptors (Lipinski definition) is 4. The molecule has 1 aromatic heterocycles. The van der Waals surface area contributed by atoms with Crippen LogP contribution in [0.2, 0.25) is 0 Å². The molecule has 0 fully saturated rings. The van der Waals surface area contributed by atoms with Crippen LogP contribution in [0.15, 0.2) is 47.6 Å². The molecule has 0 aliphatic carbocycles. The van der Waals surface area contributed by atoms with Gasteiger partial charge in [0.15, 0.2) is 5.96 Å².